The fourth-order valence-electron chi connectivity index (χ4n) is 3.78. The summed E-state index contributed by atoms with van der Waals surface area (Å²) in [5.41, 5.74) is 0.731. The number of hydrogen-bond donors (Lipinski definition) is 1. The van der Waals surface area contributed by atoms with Gasteiger partial charge >= 0.3 is 0 Å². The first-order valence-corrected chi connectivity index (χ1v) is 8.83. The zero-order chi connectivity index (χ0) is 16.3. The number of nitrogens with zero attached hydrogens (tertiary/aromatic N) is 1. The topological polar surface area (TPSA) is 41.6 Å². The molecule has 3 rings (SSSR count). The summed E-state index contributed by atoms with van der Waals surface area (Å²) >= 11 is 0. The number of carbonyl (C=O) groups is 1. The molecule has 1 aromatic rings. The van der Waals surface area contributed by atoms with Gasteiger partial charge in [-0.3, -0.25) is 9.69 Å². The molecule has 2 aliphatic heterocycles. The maximum atomic E-state index is 12.2. The van der Waals surface area contributed by atoms with Crippen LogP contribution in [0.5, 0.6) is 0 Å². The fourth-order valence-corrected chi connectivity index (χ4v) is 3.78. The second-order valence-electron chi connectivity index (χ2n) is 7.21. The summed E-state index contributed by atoms with van der Waals surface area (Å²) in [6.07, 6.45) is 4.65. The van der Waals surface area contributed by atoms with Crippen molar-refractivity contribution in [1.29, 1.82) is 0 Å². The van der Waals surface area contributed by atoms with Crippen molar-refractivity contribution in [2.24, 2.45) is 0 Å². The number of rotatable bonds is 4. The van der Waals surface area contributed by atoms with Crippen molar-refractivity contribution in [3.05, 3.63) is 35.9 Å². The average Bonchev–Trinajstić information content (AvgIpc) is 2.97. The van der Waals surface area contributed by atoms with Crippen molar-refractivity contribution in [3.63, 3.8) is 0 Å². The van der Waals surface area contributed by atoms with Crippen molar-refractivity contribution >= 4 is 5.91 Å². The van der Waals surface area contributed by atoms with Crippen LogP contribution in [0, 0.1) is 0 Å². The Hall–Kier alpha value is -1.39. The van der Waals surface area contributed by atoms with E-state index in [1.165, 1.54) is 6.42 Å². The van der Waals surface area contributed by atoms with Crippen LogP contribution in [0.3, 0.4) is 0 Å². The summed E-state index contributed by atoms with van der Waals surface area (Å²) < 4.78 is 6.45. The van der Waals surface area contributed by atoms with E-state index in [9.17, 15) is 4.79 Å². The summed E-state index contributed by atoms with van der Waals surface area (Å²) in [6.45, 7) is 7.27. The van der Waals surface area contributed by atoms with Gasteiger partial charge in [-0.15, -0.1) is 0 Å². The molecule has 4 nitrogen and oxygen atoms in total. The molecule has 126 valence electrons. The Kier molecular flexibility index (Phi) is 5.02. The predicted octanol–water partition coefficient (Wildman–Crippen LogP) is 2.84. The van der Waals surface area contributed by atoms with Crippen LogP contribution in [0.15, 0.2) is 30.3 Å². The Bertz CT molecular complexity index is 531. The zero-order valence-corrected chi connectivity index (χ0v) is 14.3. The van der Waals surface area contributed by atoms with E-state index >= 15 is 0 Å². The van der Waals surface area contributed by atoms with Gasteiger partial charge in [-0.1, -0.05) is 18.2 Å². The smallest absolute Gasteiger partial charge is 0.251 e. The van der Waals surface area contributed by atoms with Crippen LogP contribution in [-0.2, 0) is 4.74 Å². The van der Waals surface area contributed by atoms with Crippen LogP contribution >= 0.6 is 0 Å². The first kappa shape index (κ1) is 16.5. The van der Waals surface area contributed by atoms with Gasteiger partial charge in [0.2, 0.25) is 0 Å². The largest absolute Gasteiger partial charge is 0.369 e. The summed E-state index contributed by atoms with van der Waals surface area (Å²) in [5, 5.41) is 3.03. The number of benzene rings is 1. The predicted molar refractivity (Wildman–Crippen MR) is 91.6 cm³/mol. The Morgan fingerprint density at radius 3 is 2.83 bits per heavy atom. The highest BCUT2D eigenvalue weighted by Crippen LogP contribution is 2.37. The summed E-state index contributed by atoms with van der Waals surface area (Å²) in [4.78, 5) is 14.7. The van der Waals surface area contributed by atoms with Crippen LogP contribution < -0.4 is 5.32 Å². The van der Waals surface area contributed by atoms with E-state index in [-0.39, 0.29) is 17.6 Å². The zero-order valence-electron chi connectivity index (χ0n) is 14.3. The molecule has 0 aromatic heterocycles. The van der Waals surface area contributed by atoms with Gasteiger partial charge in [0.15, 0.2) is 0 Å². The van der Waals surface area contributed by atoms with E-state index in [2.05, 4.69) is 24.1 Å². The van der Waals surface area contributed by atoms with Crippen LogP contribution in [0.25, 0.3) is 0 Å². The Morgan fingerprint density at radius 1 is 1.35 bits per heavy atom. The lowest BCUT2D eigenvalue weighted by atomic mass is 9.90. The third kappa shape index (κ3) is 3.93. The molecule has 2 fully saturated rings. The number of ether oxygens (including phenoxy) is 1. The molecule has 0 bridgehead atoms. The van der Waals surface area contributed by atoms with Gasteiger partial charge in [0.1, 0.15) is 0 Å². The molecule has 0 unspecified atom stereocenters. The highest BCUT2D eigenvalue weighted by molar-refractivity contribution is 5.94. The van der Waals surface area contributed by atoms with E-state index in [1.807, 2.05) is 30.3 Å². The highest BCUT2D eigenvalue weighted by atomic mass is 16.5. The van der Waals surface area contributed by atoms with Gasteiger partial charge in [-0.2, -0.15) is 0 Å². The van der Waals surface area contributed by atoms with E-state index in [1.54, 1.807) is 0 Å². The minimum absolute atomic E-state index is 0.0101. The Morgan fingerprint density at radius 2 is 2.13 bits per heavy atom. The van der Waals surface area contributed by atoms with Gasteiger partial charge < -0.3 is 10.1 Å². The monoisotopic (exact) mass is 316 g/mol. The molecule has 0 radical (unpaired) electrons. The quantitative estimate of drug-likeness (QED) is 0.929. The SMILES string of the molecule is CC(C)N1CC[C@]2(CCC[C@H](CNC(=O)c3ccccc3)O2)C1. The molecule has 2 atom stereocenters. The van der Waals surface area contributed by atoms with E-state index in [0.717, 1.165) is 32.4 Å². The molecule has 1 N–H and O–H groups in total. The lowest BCUT2D eigenvalue weighted by molar-refractivity contribution is -0.119. The van der Waals surface area contributed by atoms with Gasteiger partial charge in [-0.05, 0) is 51.7 Å². The third-order valence-electron chi connectivity index (χ3n) is 5.18. The van der Waals surface area contributed by atoms with Crippen molar-refractivity contribution in [2.75, 3.05) is 19.6 Å². The van der Waals surface area contributed by atoms with Crippen LogP contribution in [0.1, 0.15) is 49.9 Å². The number of likely N-dealkylation sites (tertiary alicyclic amines) is 1. The maximum absolute atomic E-state index is 12.2. The Labute approximate surface area is 139 Å². The van der Waals surface area contributed by atoms with Crippen LogP contribution in [0.4, 0.5) is 0 Å². The standard InChI is InChI=1S/C19H28N2O2/c1-15(2)21-12-11-19(14-21)10-6-9-17(23-19)13-20-18(22)16-7-4-3-5-8-16/h3-5,7-8,15,17H,6,9-14H2,1-2H3,(H,20,22)/t17-,19-/m1/s1. The minimum Gasteiger partial charge on any atom is -0.369 e. The number of hydrogen-bond acceptors (Lipinski definition) is 3. The van der Waals surface area contributed by atoms with Crippen LogP contribution in [0.2, 0.25) is 0 Å². The number of amides is 1. The molecule has 23 heavy (non-hydrogen) atoms. The van der Waals surface area contributed by atoms with E-state index in [4.69, 9.17) is 4.74 Å². The second kappa shape index (κ2) is 7.02. The van der Waals surface area contributed by atoms with E-state index in [0.29, 0.717) is 18.2 Å². The third-order valence-corrected chi connectivity index (χ3v) is 5.18. The lowest BCUT2D eigenvalue weighted by Gasteiger charge is -2.39. The van der Waals surface area contributed by atoms with Crippen molar-refractivity contribution < 1.29 is 9.53 Å². The molecule has 4 heteroatoms. The molecular formula is C19H28N2O2. The minimum atomic E-state index is -0.0101. The van der Waals surface area contributed by atoms with Crippen LogP contribution in [-0.4, -0.2) is 48.2 Å². The van der Waals surface area contributed by atoms with Crippen molar-refractivity contribution in [2.45, 2.75) is 57.3 Å². The molecule has 1 aromatic carbocycles. The molecule has 1 spiro atoms. The number of nitrogens with one attached hydrogen (secondary N) is 1. The highest BCUT2D eigenvalue weighted by Gasteiger charge is 2.43. The summed E-state index contributed by atoms with van der Waals surface area (Å²) in [6, 6.07) is 9.97. The molecule has 2 saturated heterocycles. The van der Waals surface area contributed by atoms with Crippen molar-refractivity contribution in [3.8, 4) is 0 Å². The summed E-state index contributed by atoms with van der Waals surface area (Å²) in [5.74, 6) is -0.0101. The van der Waals surface area contributed by atoms with Gasteiger partial charge in [0, 0.05) is 31.2 Å². The normalized spacial score (nSPS) is 28.4. The second-order valence-corrected chi connectivity index (χ2v) is 7.21. The van der Waals surface area contributed by atoms with Crippen molar-refractivity contribution in [1.82, 2.24) is 10.2 Å². The van der Waals surface area contributed by atoms with Gasteiger partial charge in [0.25, 0.3) is 5.91 Å². The van der Waals surface area contributed by atoms with E-state index < -0.39 is 0 Å². The Balaban J connectivity index is 1.52. The first-order valence-electron chi connectivity index (χ1n) is 8.83. The van der Waals surface area contributed by atoms with Gasteiger partial charge in [0.05, 0.1) is 11.7 Å². The number of carbonyl (C=O) groups excluding carboxylic acids is 1. The summed E-state index contributed by atoms with van der Waals surface area (Å²) in [7, 11) is 0. The molecule has 2 heterocycles. The molecule has 0 saturated carbocycles. The molecule has 2 aliphatic rings. The fraction of sp³-hybridized carbons (Fsp3) is 0.632. The maximum Gasteiger partial charge on any atom is 0.251 e. The molecule has 1 amide bonds. The lowest BCUT2D eigenvalue weighted by Crippen LogP contribution is -2.47. The average molecular weight is 316 g/mol. The molecular weight excluding hydrogens is 288 g/mol. The first-order chi connectivity index (χ1) is 11.1. The van der Waals surface area contributed by atoms with Gasteiger partial charge in [-0.25, -0.2) is 0 Å². The molecule has 0 aliphatic carbocycles.